The van der Waals surface area contributed by atoms with Gasteiger partial charge in [-0.2, -0.15) is 15.1 Å². The first kappa shape index (κ1) is 18.6. The average molecular weight is 407 g/mol. The van der Waals surface area contributed by atoms with Crippen LogP contribution in [0.4, 0.5) is 16.2 Å². The number of piperazine rings is 1. The molecule has 1 fully saturated rings. The summed E-state index contributed by atoms with van der Waals surface area (Å²) in [5, 5.41) is 8.65. The number of nitrogens with zero attached hydrogens (tertiary/aromatic N) is 6. The maximum absolute atomic E-state index is 13.4. The second-order valence-corrected chi connectivity index (χ2v) is 7.37. The second-order valence-electron chi connectivity index (χ2n) is 7.37. The minimum absolute atomic E-state index is 0.288. The topological polar surface area (TPSA) is 75.2 Å². The second kappa shape index (κ2) is 7.75. The molecule has 0 atom stereocenters. The molecule has 0 spiro atoms. The molecule has 0 bridgehead atoms. The molecule has 0 saturated carbocycles. The summed E-state index contributed by atoms with van der Waals surface area (Å²) in [6.45, 7) is 4.11. The fourth-order valence-corrected chi connectivity index (χ4v) is 3.53. The highest BCUT2D eigenvalue weighted by Gasteiger charge is 2.21. The summed E-state index contributed by atoms with van der Waals surface area (Å²) < 4.78 is 20.5. The fourth-order valence-electron chi connectivity index (χ4n) is 3.53. The summed E-state index contributed by atoms with van der Waals surface area (Å²) in [4.78, 5) is 14.1. The molecule has 0 radical (unpaired) electrons. The molecule has 8 nitrogen and oxygen atoms in total. The summed E-state index contributed by atoms with van der Waals surface area (Å²) in [6, 6.07) is 9.98. The average Bonchev–Trinajstić information content (AvgIpc) is 3.43. The number of halogens is 1. The van der Waals surface area contributed by atoms with E-state index in [0.717, 1.165) is 43.0 Å². The molecule has 1 aliphatic heterocycles. The molecular formula is C21H22FN7O. The van der Waals surface area contributed by atoms with Crippen LogP contribution in [0.2, 0.25) is 0 Å². The molecule has 1 aromatic carbocycles. The highest BCUT2D eigenvalue weighted by molar-refractivity contribution is 5.88. The lowest BCUT2D eigenvalue weighted by Crippen LogP contribution is -2.45. The normalized spacial score (nSPS) is 15.1. The van der Waals surface area contributed by atoms with Gasteiger partial charge in [0, 0.05) is 26.2 Å². The van der Waals surface area contributed by atoms with Crippen LogP contribution in [0.25, 0.3) is 16.7 Å². The van der Waals surface area contributed by atoms with E-state index in [1.807, 2.05) is 12.1 Å². The maximum Gasteiger partial charge on any atom is 0.229 e. The van der Waals surface area contributed by atoms with E-state index < -0.39 is 0 Å². The predicted molar refractivity (Wildman–Crippen MR) is 112 cm³/mol. The molecule has 5 rings (SSSR count). The van der Waals surface area contributed by atoms with E-state index in [2.05, 4.69) is 27.3 Å². The van der Waals surface area contributed by atoms with Gasteiger partial charge in [0.15, 0.2) is 5.65 Å². The molecule has 1 aliphatic rings. The lowest BCUT2D eigenvalue weighted by atomic mass is 10.3. The molecular weight excluding hydrogens is 385 g/mol. The molecule has 1 saturated heterocycles. The Balaban J connectivity index is 1.56. The molecule has 0 aliphatic carbocycles. The Morgan fingerprint density at radius 2 is 1.87 bits per heavy atom. The monoisotopic (exact) mass is 407 g/mol. The minimum Gasteiger partial charge on any atom is -0.467 e. The van der Waals surface area contributed by atoms with E-state index in [9.17, 15) is 4.39 Å². The summed E-state index contributed by atoms with van der Waals surface area (Å²) in [5.41, 5.74) is 1.42. The van der Waals surface area contributed by atoms with Gasteiger partial charge in [-0.25, -0.2) is 9.07 Å². The third-order valence-corrected chi connectivity index (χ3v) is 5.28. The number of nitrogens with one attached hydrogen (secondary N) is 1. The van der Waals surface area contributed by atoms with Gasteiger partial charge in [0.1, 0.15) is 17.4 Å². The molecule has 154 valence electrons. The van der Waals surface area contributed by atoms with E-state index >= 15 is 0 Å². The van der Waals surface area contributed by atoms with Crippen molar-refractivity contribution in [3.8, 4) is 5.69 Å². The number of hydrogen-bond donors (Lipinski definition) is 1. The highest BCUT2D eigenvalue weighted by atomic mass is 19.1. The summed E-state index contributed by atoms with van der Waals surface area (Å²) in [6.07, 6.45) is 3.38. The molecule has 0 unspecified atom stereocenters. The maximum atomic E-state index is 13.4. The molecule has 0 amide bonds. The van der Waals surface area contributed by atoms with Crippen LogP contribution in [0, 0.1) is 5.82 Å². The molecule has 4 heterocycles. The number of aromatic nitrogens is 4. The number of anilines is 2. The van der Waals surface area contributed by atoms with Gasteiger partial charge in [-0.15, -0.1) is 0 Å². The number of rotatable bonds is 5. The van der Waals surface area contributed by atoms with Gasteiger partial charge in [-0.1, -0.05) is 0 Å². The SMILES string of the molecule is CN1CCN(c2nc(NCc3ccco3)c3cnn(-c4ccc(F)cc4)c3n2)CC1. The quantitative estimate of drug-likeness (QED) is 0.545. The predicted octanol–water partition coefficient (Wildman–Crippen LogP) is 2.91. The summed E-state index contributed by atoms with van der Waals surface area (Å²) >= 11 is 0. The van der Waals surface area contributed by atoms with Crippen LogP contribution in [0.3, 0.4) is 0 Å². The summed E-state index contributed by atoms with van der Waals surface area (Å²) in [5.74, 6) is 1.87. The first-order valence-corrected chi connectivity index (χ1v) is 9.89. The van der Waals surface area contributed by atoms with Crippen molar-refractivity contribution in [1.29, 1.82) is 0 Å². The Morgan fingerprint density at radius 3 is 2.60 bits per heavy atom. The highest BCUT2D eigenvalue weighted by Crippen LogP contribution is 2.26. The van der Waals surface area contributed by atoms with Gasteiger partial charge in [-0.05, 0) is 43.4 Å². The molecule has 1 N–H and O–H groups in total. The van der Waals surface area contributed by atoms with Gasteiger partial charge < -0.3 is 19.5 Å². The van der Waals surface area contributed by atoms with Crippen LogP contribution in [-0.4, -0.2) is 57.9 Å². The van der Waals surface area contributed by atoms with E-state index in [1.165, 1.54) is 12.1 Å². The van der Waals surface area contributed by atoms with Gasteiger partial charge in [-0.3, -0.25) is 0 Å². The van der Waals surface area contributed by atoms with Crippen molar-refractivity contribution in [2.75, 3.05) is 43.4 Å². The molecule has 4 aromatic rings. The van der Waals surface area contributed by atoms with Gasteiger partial charge in [0.2, 0.25) is 5.95 Å². The fraction of sp³-hybridized carbons (Fsp3) is 0.286. The van der Waals surface area contributed by atoms with E-state index in [1.54, 1.807) is 29.3 Å². The number of likely N-dealkylation sites (N-methyl/N-ethyl adjacent to an activating group) is 1. The first-order chi connectivity index (χ1) is 14.7. The van der Waals surface area contributed by atoms with Crippen LogP contribution < -0.4 is 10.2 Å². The van der Waals surface area contributed by atoms with Crippen LogP contribution in [0.5, 0.6) is 0 Å². The minimum atomic E-state index is -0.288. The Hall–Kier alpha value is -3.46. The van der Waals surface area contributed by atoms with Crippen LogP contribution in [0.15, 0.2) is 53.3 Å². The Labute approximate surface area is 172 Å². The van der Waals surface area contributed by atoms with Crippen molar-refractivity contribution in [1.82, 2.24) is 24.6 Å². The van der Waals surface area contributed by atoms with Crippen molar-refractivity contribution in [3.63, 3.8) is 0 Å². The van der Waals surface area contributed by atoms with Crippen LogP contribution in [0.1, 0.15) is 5.76 Å². The van der Waals surface area contributed by atoms with Gasteiger partial charge in [0.05, 0.1) is 30.1 Å². The van der Waals surface area contributed by atoms with Crippen molar-refractivity contribution < 1.29 is 8.81 Å². The largest absolute Gasteiger partial charge is 0.467 e. The first-order valence-electron chi connectivity index (χ1n) is 9.89. The number of fused-ring (bicyclic) bond motifs is 1. The van der Waals surface area contributed by atoms with Crippen LogP contribution >= 0.6 is 0 Å². The van der Waals surface area contributed by atoms with Crippen LogP contribution in [-0.2, 0) is 6.54 Å². The lowest BCUT2D eigenvalue weighted by molar-refractivity contribution is 0.311. The van der Waals surface area contributed by atoms with E-state index in [0.29, 0.717) is 24.0 Å². The molecule has 30 heavy (non-hydrogen) atoms. The Morgan fingerprint density at radius 1 is 1.07 bits per heavy atom. The van der Waals surface area contributed by atoms with Crippen molar-refractivity contribution in [2.45, 2.75) is 6.54 Å². The third-order valence-electron chi connectivity index (χ3n) is 5.28. The standard InChI is InChI=1S/C21H22FN7O/c1-27-8-10-28(11-9-27)21-25-19(23-13-17-3-2-12-30-17)18-14-24-29(20(18)26-21)16-6-4-15(22)5-7-16/h2-7,12,14H,8-11,13H2,1H3,(H,23,25,26). The molecule has 9 heteroatoms. The number of hydrogen-bond acceptors (Lipinski definition) is 7. The lowest BCUT2D eigenvalue weighted by Gasteiger charge is -2.32. The number of furan rings is 1. The van der Waals surface area contributed by atoms with Crippen molar-refractivity contribution >= 4 is 22.8 Å². The zero-order chi connectivity index (χ0) is 20.5. The van der Waals surface area contributed by atoms with Gasteiger partial charge >= 0.3 is 0 Å². The smallest absolute Gasteiger partial charge is 0.229 e. The Kier molecular flexibility index (Phi) is 4.80. The Bertz CT molecular complexity index is 1130. The zero-order valence-electron chi connectivity index (χ0n) is 16.6. The van der Waals surface area contributed by atoms with Crippen molar-refractivity contribution in [2.24, 2.45) is 0 Å². The van der Waals surface area contributed by atoms with Crippen molar-refractivity contribution in [3.05, 3.63) is 60.4 Å². The zero-order valence-corrected chi connectivity index (χ0v) is 16.6. The molecule has 3 aromatic heterocycles. The van der Waals surface area contributed by atoms with E-state index in [4.69, 9.17) is 14.4 Å². The third kappa shape index (κ3) is 3.59. The van der Waals surface area contributed by atoms with E-state index in [-0.39, 0.29) is 5.82 Å². The summed E-state index contributed by atoms with van der Waals surface area (Å²) in [7, 11) is 2.11. The van der Waals surface area contributed by atoms with Gasteiger partial charge in [0.25, 0.3) is 0 Å². The number of benzene rings is 1.